The molecule has 8 heteroatoms. The normalized spacial score (nSPS) is 10.7. The first-order valence-electron chi connectivity index (χ1n) is 8.02. The van der Waals surface area contributed by atoms with Crippen LogP contribution in [0.15, 0.2) is 60.9 Å². The molecule has 27 heavy (non-hydrogen) atoms. The van der Waals surface area contributed by atoms with Gasteiger partial charge < -0.3 is 15.4 Å². The van der Waals surface area contributed by atoms with Crippen LogP contribution in [0.2, 0.25) is 0 Å². The van der Waals surface area contributed by atoms with Gasteiger partial charge in [-0.1, -0.05) is 30.3 Å². The summed E-state index contributed by atoms with van der Waals surface area (Å²) < 4.78 is 0. The van der Waals surface area contributed by atoms with E-state index in [-0.39, 0.29) is 11.7 Å². The summed E-state index contributed by atoms with van der Waals surface area (Å²) in [5, 5.41) is 11.7. The average Bonchev–Trinajstić information content (AvgIpc) is 3.12. The second kappa shape index (κ2) is 6.68. The number of hydrogen-bond acceptors (Lipinski definition) is 5. The van der Waals surface area contributed by atoms with Crippen LogP contribution in [0.25, 0.3) is 22.4 Å². The SMILES string of the molecule is O=C(Nc1ccc2nc(C(=O)O)[nH]c2c1)c1cnc(-c2ccccc2)nc1. The lowest BCUT2D eigenvalue weighted by molar-refractivity contribution is 0.0685. The van der Waals surface area contributed by atoms with Gasteiger partial charge in [-0.15, -0.1) is 0 Å². The van der Waals surface area contributed by atoms with Crippen LogP contribution < -0.4 is 5.32 Å². The Balaban J connectivity index is 1.53. The predicted molar refractivity (Wildman–Crippen MR) is 98.5 cm³/mol. The summed E-state index contributed by atoms with van der Waals surface area (Å²) in [5.41, 5.74) is 2.69. The molecule has 4 rings (SSSR count). The number of benzene rings is 2. The van der Waals surface area contributed by atoms with E-state index in [0.717, 1.165) is 5.56 Å². The van der Waals surface area contributed by atoms with Crippen LogP contribution in [0.4, 0.5) is 5.69 Å². The van der Waals surface area contributed by atoms with Gasteiger partial charge in [0.1, 0.15) is 0 Å². The Morgan fingerprint density at radius 3 is 2.44 bits per heavy atom. The minimum absolute atomic E-state index is 0.154. The Hall–Kier alpha value is -4.07. The summed E-state index contributed by atoms with van der Waals surface area (Å²) in [4.78, 5) is 38.5. The molecule has 0 aliphatic heterocycles. The molecule has 0 saturated carbocycles. The molecule has 2 heterocycles. The van der Waals surface area contributed by atoms with Crippen molar-refractivity contribution in [3.05, 3.63) is 72.3 Å². The summed E-state index contributed by atoms with van der Waals surface area (Å²) in [6.45, 7) is 0. The molecule has 1 amide bonds. The maximum Gasteiger partial charge on any atom is 0.371 e. The molecule has 0 aliphatic carbocycles. The molecular formula is C19H13N5O3. The minimum Gasteiger partial charge on any atom is -0.475 e. The van der Waals surface area contributed by atoms with Gasteiger partial charge in [0.25, 0.3) is 5.91 Å². The fourth-order valence-electron chi connectivity index (χ4n) is 2.57. The van der Waals surface area contributed by atoms with E-state index in [1.807, 2.05) is 30.3 Å². The minimum atomic E-state index is -1.15. The maximum atomic E-state index is 12.4. The highest BCUT2D eigenvalue weighted by atomic mass is 16.4. The van der Waals surface area contributed by atoms with Crippen molar-refractivity contribution in [3.63, 3.8) is 0 Å². The number of carbonyl (C=O) groups excluding carboxylic acids is 1. The number of imidazole rings is 1. The number of carboxylic acid groups (broad SMARTS) is 1. The summed E-state index contributed by atoms with van der Waals surface area (Å²) in [6.07, 6.45) is 2.92. The highest BCUT2D eigenvalue weighted by Crippen LogP contribution is 2.18. The van der Waals surface area contributed by atoms with Crippen LogP contribution in [0, 0.1) is 0 Å². The molecule has 0 aliphatic rings. The van der Waals surface area contributed by atoms with Crippen molar-refractivity contribution in [1.29, 1.82) is 0 Å². The van der Waals surface area contributed by atoms with Crippen molar-refractivity contribution < 1.29 is 14.7 Å². The van der Waals surface area contributed by atoms with Gasteiger partial charge in [0.05, 0.1) is 16.6 Å². The summed E-state index contributed by atoms with van der Waals surface area (Å²) in [5.74, 6) is -1.13. The number of amides is 1. The number of fused-ring (bicyclic) bond motifs is 1. The zero-order valence-corrected chi connectivity index (χ0v) is 13.9. The molecule has 8 nitrogen and oxygen atoms in total. The van der Waals surface area contributed by atoms with Gasteiger partial charge in [0.15, 0.2) is 5.82 Å². The van der Waals surface area contributed by atoms with Crippen molar-refractivity contribution in [1.82, 2.24) is 19.9 Å². The van der Waals surface area contributed by atoms with Crippen LogP contribution >= 0.6 is 0 Å². The first-order chi connectivity index (χ1) is 13.1. The summed E-state index contributed by atoms with van der Waals surface area (Å²) in [6, 6.07) is 14.4. The smallest absolute Gasteiger partial charge is 0.371 e. The zero-order valence-electron chi connectivity index (χ0n) is 13.9. The van der Waals surface area contributed by atoms with Crippen molar-refractivity contribution in [2.45, 2.75) is 0 Å². The van der Waals surface area contributed by atoms with Crippen LogP contribution in [0.1, 0.15) is 21.0 Å². The number of rotatable bonds is 4. The van der Waals surface area contributed by atoms with Gasteiger partial charge in [-0.05, 0) is 18.2 Å². The number of aromatic carboxylic acids is 1. The van der Waals surface area contributed by atoms with E-state index in [0.29, 0.717) is 28.1 Å². The molecule has 0 fully saturated rings. The molecule has 0 saturated heterocycles. The Kier molecular flexibility index (Phi) is 4.06. The molecule has 3 N–H and O–H groups in total. The van der Waals surface area contributed by atoms with Crippen molar-refractivity contribution >= 4 is 28.6 Å². The lowest BCUT2D eigenvalue weighted by Gasteiger charge is -2.05. The number of hydrogen-bond donors (Lipinski definition) is 3. The molecular weight excluding hydrogens is 346 g/mol. The first kappa shape index (κ1) is 16.4. The zero-order chi connectivity index (χ0) is 18.8. The first-order valence-corrected chi connectivity index (χ1v) is 8.02. The van der Waals surface area contributed by atoms with Gasteiger partial charge in [-0.25, -0.2) is 19.7 Å². The van der Waals surface area contributed by atoms with E-state index in [4.69, 9.17) is 5.11 Å². The molecule has 0 radical (unpaired) electrons. The third-order valence-electron chi connectivity index (χ3n) is 3.89. The number of carbonyl (C=O) groups is 2. The Bertz CT molecular complexity index is 1140. The third kappa shape index (κ3) is 3.36. The standard InChI is InChI=1S/C19H13N5O3/c25-18(12-9-20-16(21-10-12)11-4-2-1-3-5-11)22-13-6-7-14-15(8-13)24-17(23-14)19(26)27/h1-10H,(H,22,25)(H,23,24)(H,26,27). The van der Waals surface area contributed by atoms with E-state index >= 15 is 0 Å². The fourth-order valence-corrected chi connectivity index (χ4v) is 2.57. The van der Waals surface area contributed by atoms with Crippen molar-refractivity contribution in [2.75, 3.05) is 5.32 Å². The monoisotopic (exact) mass is 359 g/mol. The van der Waals surface area contributed by atoms with Crippen LogP contribution in [0.5, 0.6) is 0 Å². The molecule has 2 aromatic heterocycles. The van der Waals surface area contributed by atoms with Crippen molar-refractivity contribution in [3.8, 4) is 11.4 Å². The number of aromatic nitrogens is 4. The summed E-state index contributed by atoms with van der Waals surface area (Å²) >= 11 is 0. The van der Waals surface area contributed by atoms with Crippen LogP contribution in [0.3, 0.4) is 0 Å². The Labute approximate surface area is 152 Å². The Morgan fingerprint density at radius 1 is 1.00 bits per heavy atom. The van der Waals surface area contributed by atoms with Crippen LogP contribution in [-0.4, -0.2) is 36.9 Å². The lowest BCUT2D eigenvalue weighted by atomic mass is 10.2. The molecule has 132 valence electrons. The molecule has 4 aromatic rings. The number of carboxylic acids is 1. The van der Waals surface area contributed by atoms with E-state index in [2.05, 4.69) is 25.3 Å². The number of nitrogens with zero attached hydrogens (tertiary/aromatic N) is 3. The highest BCUT2D eigenvalue weighted by Gasteiger charge is 2.12. The van der Waals surface area contributed by atoms with Gasteiger partial charge in [-0.3, -0.25) is 4.79 Å². The fraction of sp³-hybridized carbons (Fsp3) is 0. The number of nitrogens with one attached hydrogen (secondary N) is 2. The van der Waals surface area contributed by atoms with E-state index in [9.17, 15) is 9.59 Å². The van der Waals surface area contributed by atoms with Gasteiger partial charge in [0.2, 0.25) is 5.82 Å². The van der Waals surface area contributed by atoms with Crippen LogP contribution in [-0.2, 0) is 0 Å². The number of aromatic amines is 1. The number of H-pyrrole nitrogens is 1. The summed E-state index contributed by atoms with van der Waals surface area (Å²) in [7, 11) is 0. The largest absolute Gasteiger partial charge is 0.475 e. The molecule has 0 spiro atoms. The van der Waals surface area contributed by atoms with Gasteiger partial charge >= 0.3 is 5.97 Å². The Morgan fingerprint density at radius 2 is 1.74 bits per heavy atom. The second-order valence-corrected chi connectivity index (χ2v) is 5.74. The molecule has 2 aromatic carbocycles. The maximum absolute atomic E-state index is 12.4. The van der Waals surface area contributed by atoms with Crippen molar-refractivity contribution in [2.24, 2.45) is 0 Å². The van der Waals surface area contributed by atoms with Gasteiger partial charge in [0, 0.05) is 23.6 Å². The predicted octanol–water partition coefficient (Wildman–Crippen LogP) is 2.97. The lowest BCUT2D eigenvalue weighted by Crippen LogP contribution is -2.12. The quantitative estimate of drug-likeness (QED) is 0.515. The van der Waals surface area contributed by atoms with E-state index in [1.165, 1.54) is 12.4 Å². The second-order valence-electron chi connectivity index (χ2n) is 5.74. The molecule has 0 atom stereocenters. The topological polar surface area (TPSA) is 121 Å². The third-order valence-corrected chi connectivity index (χ3v) is 3.89. The average molecular weight is 359 g/mol. The molecule has 0 bridgehead atoms. The van der Waals surface area contributed by atoms with E-state index < -0.39 is 5.97 Å². The van der Waals surface area contributed by atoms with E-state index in [1.54, 1.807) is 18.2 Å². The number of anilines is 1. The van der Waals surface area contributed by atoms with Gasteiger partial charge in [-0.2, -0.15) is 0 Å². The molecule has 0 unspecified atom stereocenters. The highest BCUT2D eigenvalue weighted by molar-refractivity contribution is 6.04.